The summed E-state index contributed by atoms with van der Waals surface area (Å²) >= 11 is 0. The number of anilines is 1. The number of rotatable bonds is 5. The third-order valence-corrected chi connectivity index (χ3v) is 5.96. The molecule has 3 heterocycles. The lowest BCUT2D eigenvalue weighted by atomic mass is 9.85. The molecule has 2 saturated heterocycles. The summed E-state index contributed by atoms with van der Waals surface area (Å²) in [6, 6.07) is 20.0. The maximum atomic E-state index is 13.5. The van der Waals surface area contributed by atoms with Gasteiger partial charge in [0.25, 0.3) is 0 Å². The predicted molar refractivity (Wildman–Crippen MR) is 114 cm³/mol. The molecule has 31 heavy (non-hydrogen) atoms. The van der Waals surface area contributed by atoms with Crippen molar-refractivity contribution in [2.24, 2.45) is 5.92 Å². The minimum atomic E-state index is -0.398. The number of hydrazine groups is 1. The van der Waals surface area contributed by atoms with E-state index in [1.807, 2.05) is 47.4 Å². The third kappa shape index (κ3) is 3.32. The summed E-state index contributed by atoms with van der Waals surface area (Å²) in [6.07, 6.45) is 1.64. The zero-order valence-electron chi connectivity index (χ0n) is 17.0. The van der Waals surface area contributed by atoms with E-state index in [0.717, 1.165) is 17.0 Å². The number of nitrogens with zero attached hydrogens (tertiary/aromatic N) is 1. The molecule has 7 nitrogen and oxygen atoms in total. The molecule has 0 spiro atoms. The quantitative estimate of drug-likeness (QED) is 0.620. The first-order chi connectivity index (χ1) is 15.2. The number of amides is 1. The Balaban J connectivity index is 1.55. The van der Waals surface area contributed by atoms with Gasteiger partial charge >= 0.3 is 5.97 Å². The highest BCUT2D eigenvalue weighted by molar-refractivity contribution is 6.01. The van der Waals surface area contributed by atoms with Crippen LogP contribution < -0.4 is 15.8 Å². The molecule has 5 rings (SSSR count). The van der Waals surface area contributed by atoms with Gasteiger partial charge in [0.2, 0.25) is 5.91 Å². The first-order valence-electron chi connectivity index (χ1n) is 10.4. The standard InChI is InChI=1S/C24H23N3O4/c1-2-30-24(29)16-10-12-17(13-11-16)27-22(15-7-4-3-5-8-15)19-20(18-9-6-14-31-18)25-26-21(19)23(27)28/h3-14,19-22,25-26H,2H2,1H3. The maximum Gasteiger partial charge on any atom is 0.338 e. The fourth-order valence-electron chi connectivity index (χ4n) is 4.63. The van der Waals surface area contributed by atoms with Crippen molar-refractivity contribution in [3.63, 3.8) is 0 Å². The SMILES string of the molecule is CCOC(=O)c1ccc(N2C(=O)C3NNC(c4ccco4)C3C2c2ccccc2)cc1. The Morgan fingerprint density at radius 1 is 1.00 bits per heavy atom. The number of furan rings is 1. The van der Waals surface area contributed by atoms with Gasteiger partial charge in [-0.1, -0.05) is 30.3 Å². The van der Waals surface area contributed by atoms with E-state index in [2.05, 4.69) is 10.9 Å². The van der Waals surface area contributed by atoms with Gasteiger partial charge in [0.05, 0.1) is 30.5 Å². The highest BCUT2D eigenvalue weighted by Crippen LogP contribution is 2.48. The number of carbonyl (C=O) groups is 2. The number of carbonyl (C=O) groups excluding carboxylic acids is 2. The largest absolute Gasteiger partial charge is 0.468 e. The van der Waals surface area contributed by atoms with Crippen molar-refractivity contribution in [3.8, 4) is 0 Å². The Kier molecular flexibility index (Phi) is 5.05. The Labute approximate surface area is 180 Å². The van der Waals surface area contributed by atoms with E-state index in [1.54, 1.807) is 37.5 Å². The fraction of sp³-hybridized carbons (Fsp3) is 0.250. The molecule has 2 N–H and O–H groups in total. The number of fused-ring (bicyclic) bond motifs is 1. The number of nitrogens with one attached hydrogen (secondary N) is 2. The minimum Gasteiger partial charge on any atom is -0.468 e. The summed E-state index contributed by atoms with van der Waals surface area (Å²) in [4.78, 5) is 27.4. The number of hydrogen-bond acceptors (Lipinski definition) is 6. The van der Waals surface area contributed by atoms with Crippen LogP contribution in [0.2, 0.25) is 0 Å². The predicted octanol–water partition coefficient (Wildman–Crippen LogP) is 3.38. The smallest absolute Gasteiger partial charge is 0.338 e. The lowest BCUT2D eigenvalue weighted by molar-refractivity contribution is -0.119. The average molecular weight is 417 g/mol. The van der Waals surface area contributed by atoms with Crippen molar-refractivity contribution in [2.75, 3.05) is 11.5 Å². The van der Waals surface area contributed by atoms with Gasteiger partial charge in [0.15, 0.2) is 0 Å². The van der Waals surface area contributed by atoms with Gasteiger partial charge in [-0.15, -0.1) is 0 Å². The van der Waals surface area contributed by atoms with Crippen LogP contribution in [0.25, 0.3) is 0 Å². The molecular formula is C24H23N3O4. The van der Waals surface area contributed by atoms with E-state index in [0.29, 0.717) is 12.2 Å². The minimum absolute atomic E-state index is 0.0238. The van der Waals surface area contributed by atoms with Crippen LogP contribution in [0.1, 0.15) is 40.7 Å². The molecule has 0 saturated carbocycles. The molecule has 4 unspecified atom stereocenters. The van der Waals surface area contributed by atoms with E-state index in [9.17, 15) is 9.59 Å². The van der Waals surface area contributed by atoms with Gasteiger partial charge in [-0.3, -0.25) is 4.79 Å². The zero-order chi connectivity index (χ0) is 21.4. The van der Waals surface area contributed by atoms with Crippen LogP contribution in [-0.4, -0.2) is 24.5 Å². The van der Waals surface area contributed by atoms with E-state index < -0.39 is 6.04 Å². The Bertz CT molecular complexity index is 1070. The highest BCUT2D eigenvalue weighted by Gasteiger charge is 2.56. The van der Waals surface area contributed by atoms with Gasteiger partial charge in [-0.2, -0.15) is 0 Å². The van der Waals surface area contributed by atoms with Crippen molar-refractivity contribution in [3.05, 3.63) is 89.9 Å². The molecule has 0 aliphatic carbocycles. The van der Waals surface area contributed by atoms with Crippen molar-refractivity contribution in [2.45, 2.75) is 25.0 Å². The molecule has 158 valence electrons. The summed E-state index contributed by atoms with van der Waals surface area (Å²) in [5, 5.41) is 0. The maximum absolute atomic E-state index is 13.5. The molecule has 2 fully saturated rings. The Morgan fingerprint density at radius 3 is 2.42 bits per heavy atom. The lowest BCUT2D eigenvalue weighted by Crippen LogP contribution is -2.41. The normalized spacial score (nSPS) is 24.9. The molecule has 4 atom stereocenters. The van der Waals surface area contributed by atoms with Crippen molar-refractivity contribution < 1.29 is 18.7 Å². The van der Waals surface area contributed by atoms with Crippen molar-refractivity contribution in [1.82, 2.24) is 10.9 Å². The molecule has 2 aromatic carbocycles. The molecule has 1 amide bonds. The van der Waals surface area contributed by atoms with Crippen LogP contribution in [0.5, 0.6) is 0 Å². The number of benzene rings is 2. The van der Waals surface area contributed by atoms with Gasteiger partial charge in [0.1, 0.15) is 11.8 Å². The fourth-order valence-corrected chi connectivity index (χ4v) is 4.63. The second-order valence-electron chi connectivity index (χ2n) is 7.67. The molecule has 2 aliphatic rings. The van der Waals surface area contributed by atoms with E-state index >= 15 is 0 Å². The van der Waals surface area contributed by atoms with Gasteiger partial charge in [0, 0.05) is 11.6 Å². The monoisotopic (exact) mass is 417 g/mol. The summed E-state index contributed by atoms with van der Waals surface area (Å²) in [5.41, 5.74) is 8.67. The molecule has 7 heteroatoms. The van der Waals surface area contributed by atoms with Crippen LogP contribution in [-0.2, 0) is 9.53 Å². The molecule has 0 bridgehead atoms. The van der Waals surface area contributed by atoms with Crippen LogP contribution in [0.3, 0.4) is 0 Å². The van der Waals surface area contributed by atoms with Crippen LogP contribution >= 0.6 is 0 Å². The van der Waals surface area contributed by atoms with Crippen LogP contribution in [0.15, 0.2) is 77.4 Å². The van der Waals surface area contributed by atoms with Crippen molar-refractivity contribution in [1.29, 1.82) is 0 Å². The van der Waals surface area contributed by atoms with Crippen LogP contribution in [0, 0.1) is 5.92 Å². The number of ether oxygens (including phenoxy) is 1. The number of hydrogen-bond donors (Lipinski definition) is 2. The average Bonchev–Trinajstić information content (AvgIpc) is 3.52. The Morgan fingerprint density at radius 2 is 1.74 bits per heavy atom. The third-order valence-electron chi connectivity index (χ3n) is 5.96. The second kappa shape index (κ2) is 8.02. The Hall–Kier alpha value is -3.42. The molecule has 2 aliphatic heterocycles. The number of esters is 1. The molecule has 3 aromatic rings. The zero-order valence-corrected chi connectivity index (χ0v) is 17.0. The summed E-state index contributed by atoms with van der Waals surface area (Å²) in [7, 11) is 0. The van der Waals surface area contributed by atoms with Crippen LogP contribution in [0.4, 0.5) is 5.69 Å². The molecule has 1 aromatic heterocycles. The first kappa shape index (κ1) is 19.5. The lowest BCUT2D eigenvalue weighted by Gasteiger charge is -2.30. The highest BCUT2D eigenvalue weighted by atomic mass is 16.5. The topological polar surface area (TPSA) is 83.8 Å². The van der Waals surface area contributed by atoms with E-state index in [-0.39, 0.29) is 29.9 Å². The van der Waals surface area contributed by atoms with Gasteiger partial charge in [-0.25, -0.2) is 15.6 Å². The van der Waals surface area contributed by atoms with Gasteiger partial charge in [-0.05, 0) is 48.9 Å². The summed E-state index contributed by atoms with van der Waals surface area (Å²) < 4.78 is 10.7. The van der Waals surface area contributed by atoms with E-state index in [1.165, 1.54) is 0 Å². The summed E-state index contributed by atoms with van der Waals surface area (Å²) in [5.74, 6) is 0.311. The van der Waals surface area contributed by atoms with Crippen molar-refractivity contribution >= 4 is 17.6 Å². The second-order valence-corrected chi connectivity index (χ2v) is 7.67. The van der Waals surface area contributed by atoms with E-state index in [4.69, 9.17) is 9.15 Å². The first-order valence-corrected chi connectivity index (χ1v) is 10.4. The summed E-state index contributed by atoms with van der Waals surface area (Å²) in [6.45, 7) is 2.09. The molecular weight excluding hydrogens is 394 g/mol. The molecule has 0 radical (unpaired) electrons. The van der Waals surface area contributed by atoms with Gasteiger partial charge < -0.3 is 14.1 Å².